The summed E-state index contributed by atoms with van der Waals surface area (Å²) < 4.78 is 0. The third-order valence-electron chi connectivity index (χ3n) is 8.35. The third-order valence-corrected chi connectivity index (χ3v) is 8.96. The summed E-state index contributed by atoms with van der Waals surface area (Å²) in [5, 5.41) is 0. The van der Waals surface area contributed by atoms with Gasteiger partial charge < -0.3 is 0 Å². The van der Waals surface area contributed by atoms with E-state index in [9.17, 15) is 4.79 Å². The second-order valence-corrected chi connectivity index (χ2v) is 9.62. The molecule has 4 aliphatic carbocycles. The standard InChI is InChI=1S/C20H29ClO/c1-13-10-20-11-14(13)5-6-15(20)19(3)8-4-7-18(2,12-21)16(19)9-17(20)22/h14-16H,1,4-12H2,2-3H3/t14-,15+,16-,18-,19+,20+/m1/s1. The van der Waals surface area contributed by atoms with Gasteiger partial charge >= 0.3 is 0 Å². The van der Waals surface area contributed by atoms with Gasteiger partial charge in [0.1, 0.15) is 5.78 Å². The highest BCUT2D eigenvalue weighted by atomic mass is 35.5. The van der Waals surface area contributed by atoms with Crippen LogP contribution in [0.3, 0.4) is 0 Å². The van der Waals surface area contributed by atoms with Crippen molar-refractivity contribution < 1.29 is 4.79 Å². The predicted octanol–water partition coefficient (Wildman–Crippen LogP) is 5.37. The maximum absolute atomic E-state index is 13.3. The first-order valence-electron chi connectivity index (χ1n) is 9.13. The molecule has 0 aromatic heterocycles. The molecule has 0 aromatic rings. The number of ketones is 1. The molecule has 0 amide bonds. The molecule has 122 valence electrons. The maximum atomic E-state index is 13.3. The molecule has 1 spiro atoms. The van der Waals surface area contributed by atoms with E-state index in [1.165, 1.54) is 37.7 Å². The lowest BCUT2D eigenvalue weighted by Gasteiger charge is -2.63. The summed E-state index contributed by atoms with van der Waals surface area (Å²) in [5.41, 5.74) is 1.79. The largest absolute Gasteiger partial charge is 0.299 e. The van der Waals surface area contributed by atoms with Crippen LogP contribution in [0.25, 0.3) is 0 Å². The Morgan fingerprint density at radius 1 is 1.23 bits per heavy atom. The molecule has 0 radical (unpaired) electrons. The molecule has 0 heterocycles. The van der Waals surface area contributed by atoms with Gasteiger partial charge in [0.25, 0.3) is 0 Å². The van der Waals surface area contributed by atoms with Crippen LogP contribution in [0.1, 0.15) is 65.2 Å². The van der Waals surface area contributed by atoms with E-state index in [1.807, 2.05) is 0 Å². The van der Waals surface area contributed by atoms with Gasteiger partial charge in [-0.15, -0.1) is 11.6 Å². The van der Waals surface area contributed by atoms with Crippen molar-refractivity contribution in [2.75, 3.05) is 5.88 Å². The Labute approximate surface area is 139 Å². The number of hydrogen-bond acceptors (Lipinski definition) is 1. The Balaban J connectivity index is 1.80. The van der Waals surface area contributed by atoms with Crippen molar-refractivity contribution in [1.29, 1.82) is 0 Å². The van der Waals surface area contributed by atoms with E-state index < -0.39 is 0 Å². The Bertz CT molecular complexity index is 540. The van der Waals surface area contributed by atoms with E-state index in [1.54, 1.807) is 0 Å². The molecule has 0 aromatic carbocycles. The Morgan fingerprint density at radius 2 is 2.00 bits per heavy atom. The quantitative estimate of drug-likeness (QED) is 0.468. The number of carbonyl (C=O) groups excluding carboxylic acids is 1. The zero-order valence-corrected chi connectivity index (χ0v) is 14.8. The normalized spacial score (nSPS) is 54.0. The highest BCUT2D eigenvalue weighted by Gasteiger charge is 2.66. The molecule has 22 heavy (non-hydrogen) atoms. The number of Topliss-reactive ketones (excluding diaryl/α,β-unsaturated/α-hetero) is 1. The van der Waals surface area contributed by atoms with Crippen LogP contribution in [-0.4, -0.2) is 11.7 Å². The SMILES string of the molecule is C=C1C[C@]23C[C@H]1CC[C@H]2[C@]1(C)CCC[C@](C)(CCl)[C@H]1CC3=O. The minimum Gasteiger partial charge on any atom is -0.299 e. The van der Waals surface area contributed by atoms with Gasteiger partial charge in [0.15, 0.2) is 0 Å². The first-order valence-corrected chi connectivity index (χ1v) is 9.66. The lowest BCUT2D eigenvalue weighted by Crippen LogP contribution is -2.60. The van der Waals surface area contributed by atoms with Gasteiger partial charge in [0.2, 0.25) is 0 Å². The van der Waals surface area contributed by atoms with E-state index in [-0.39, 0.29) is 10.8 Å². The fourth-order valence-corrected chi connectivity index (χ4v) is 7.57. The smallest absolute Gasteiger partial charge is 0.139 e. The summed E-state index contributed by atoms with van der Waals surface area (Å²) in [4.78, 5) is 13.3. The summed E-state index contributed by atoms with van der Waals surface area (Å²) in [7, 11) is 0. The van der Waals surface area contributed by atoms with Crippen molar-refractivity contribution in [2.45, 2.75) is 65.2 Å². The monoisotopic (exact) mass is 320 g/mol. The third kappa shape index (κ3) is 1.70. The summed E-state index contributed by atoms with van der Waals surface area (Å²) in [6.45, 7) is 9.16. The summed E-state index contributed by atoms with van der Waals surface area (Å²) >= 11 is 6.40. The van der Waals surface area contributed by atoms with E-state index in [4.69, 9.17) is 11.6 Å². The van der Waals surface area contributed by atoms with Crippen molar-refractivity contribution in [2.24, 2.45) is 34.0 Å². The number of allylic oxidation sites excluding steroid dienone is 1. The summed E-state index contributed by atoms with van der Waals surface area (Å²) in [6, 6.07) is 0. The lowest BCUT2D eigenvalue weighted by atomic mass is 9.41. The van der Waals surface area contributed by atoms with Crippen LogP contribution >= 0.6 is 11.6 Å². The fraction of sp³-hybridized carbons (Fsp3) is 0.850. The molecule has 1 nitrogen and oxygen atoms in total. The van der Waals surface area contributed by atoms with Gasteiger partial charge in [0, 0.05) is 17.7 Å². The van der Waals surface area contributed by atoms with Crippen LogP contribution < -0.4 is 0 Å². The van der Waals surface area contributed by atoms with Crippen molar-refractivity contribution in [1.82, 2.24) is 0 Å². The molecule has 4 rings (SSSR count). The topological polar surface area (TPSA) is 17.1 Å². The summed E-state index contributed by atoms with van der Waals surface area (Å²) in [5.74, 6) is 2.95. The average Bonchev–Trinajstić information content (AvgIpc) is 2.73. The van der Waals surface area contributed by atoms with Crippen molar-refractivity contribution in [3.8, 4) is 0 Å². The Hall–Kier alpha value is -0.300. The van der Waals surface area contributed by atoms with Gasteiger partial charge in [-0.3, -0.25) is 4.79 Å². The van der Waals surface area contributed by atoms with Crippen molar-refractivity contribution >= 4 is 17.4 Å². The van der Waals surface area contributed by atoms with Crippen LogP contribution in [0.5, 0.6) is 0 Å². The van der Waals surface area contributed by atoms with Gasteiger partial charge in [-0.25, -0.2) is 0 Å². The number of fused-ring (bicyclic) bond motifs is 3. The average molecular weight is 321 g/mol. The van der Waals surface area contributed by atoms with E-state index in [0.29, 0.717) is 34.8 Å². The Morgan fingerprint density at radius 3 is 2.73 bits per heavy atom. The maximum Gasteiger partial charge on any atom is 0.139 e. The van der Waals surface area contributed by atoms with Crippen molar-refractivity contribution in [3.05, 3.63) is 12.2 Å². The number of alkyl halides is 1. The van der Waals surface area contributed by atoms with Gasteiger partial charge in [-0.05, 0) is 67.1 Å². The van der Waals surface area contributed by atoms with Gasteiger partial charge in [-0.1, -0.05) is 32.4 Å². The number of halogens is 1. The molecule has 0 saturated heterocycles. The fourth-order valence-electron chi connectivity index (χ4n) is 7.25. The highest BCUT2D eigenvalue weighted by molar-refractivity contribution is 6.18. The molecule has 0 unspecified atom stereocenters. The Kier molecular flexibility index (Phi) is 3.20. The second-order valence-electron chi connectivity index (χ2n) is 9.35. The molecule has 0 N–H and O–H groups in total. The minimum atomic E-state index is -0.0458. The number of rotatable bonds is 1. The molecular formula is C20H29ClO. The zero-order chi connectivity index (χ0) is 15.8. The first-order chi connectivity index (χ1) is 10.4. The van der Waals surface area contributed by atoms with Crippen LogP contribution in [-0.2, 0) is 4.79 Å². The van der Waals surface area contributed by atoms with Gasteiger partial charge in [-0.2, -0.15) is 0 Å². The second kappa shape index (κ2) is 4.62. The molecule has 2 heteroatoms. The molecule has 6 atom stereocenters. The molecule has 0 aliphatic heterocycles. The number of carbonyl (C=O) groups is 1. The predicted molar refractivity (Wildman–Crippen MR) is 90.9 cm³/mol. The van der Waals surface area contributed by atoms with Crippen LogP contribution in [0, 0.1) is 34.0 Å². The van der Waals surface area contributed by atoms with Crippen LogP contribution in [0.4, 0.5) is 0 Å². The van der Waals surface area contributed by atoms with E-state index >= 15 is 0 Å². The highest BCUT2D eigenvalue weighted by Crippen LogP contribution is 2.71. The van der Waals surface area contributed by atoms with E-state index in [2.05, 4.69) is 20.4 Å². The first kappa shape index (κ1) is 15.2. The molecule has 4 fully saturated rings. The molecule has 4 saturated carbocycles. The summed E-state index contributed by atoms with van der Waals surface area (Å²) in [6.07, 6.45) is 9.13. The number of hydrogen-bond donors (Lipinski definition) is 0. The molecule has 4 aliphatic rings. The van der Waals surface area contributed by atoms with Gasteiger partial charge in [0.05, 0.1) is 0 Å². The van der Waals surface area contributed by atoms with Crippen molar-refractivity contribution in [3.63, 3.8) is 0 Å². The van der Waals surface area contributed by atoms with Crippen LogP contribution in [0.2, 0.25) is 0 Å². The zero-order valence-electron chi connectivity index (χ0n) is 14.1. The molecular weight excluding hydrogens is 292 g/mol. The van der Waals surface area contributed by atoms with E-state index in [0.717, 1.165) is 19.3 Å². The lowest BCUT2D eigenvalue weighted by molar-refractivity contribution is -0.169. The minimum absolute atomic E-state index is 0.0458. The van der Waals surface area contributed by atoms with Crippen LogP contribution in [0.15, 0.2) is 12.2 Å². The molecule has 2 bridgehead atoms.